The van der Waals surface area contributed by atoms with Gasteiger partial charge in [-0.3, -0.25) is 4.99 Å². The van der Waals surface area contributed by atoms with Crippen LogP contribution in [0.15, 0.2) is 29.3 Å². The summed E-state index contributed by atoms with van der Waals surface area (Å²) in [4.78, 5) is 11.0. The summed E-state index contributed by atoms with van der Waals surface area (Å²) in [6, 6.07) is 8.95. The minimum absolute atomic E-state index is 0. The summed E-state index contributed by atoms with van der Waals surface area (Å²) in [6.07, 6.45) is 2.87. The van der Waals surface area contributed by atoms with Gasteiger partial charge in [0, 0.05) is 52.9 Å². The summed E-state index contributed by atoms with van der Waals surface area (Å²) in [7, 11) is 7.58. The Morgan fingerprint density at radius 3 is 2.72 bits per heavy atom. The number of benzene rings is 1. The number of rotatable bonds is 7. The number of ether oxygens (including phenoxy) is 1. The molecule has 1 atom stereocenters. The Kier molecular flexibility index (Phi) is 9.15. The molecule has 0 saturated carbocycles. The zero-order valence-electron chi connectivity index (χ0n) is 17.7. The predicted molar refractivity (Wildman–Crippen MR) is 127 cm³/mol. The van der Waals surface area contributed by atoms with Crippen LogP contribution in [0.4, 0.5) is 5.69 Å². The number of methoxy groups -OCH3 is 1. The van der Waals surface area contributed by atoms with Crippen LogP contribution in [0.25, 0.3) is 0 Å². The first kappa shape index (κ1) is 23.4. The van der Waals surface area contributed by atoms with Crippen LogP contribution in [-0.4, -0.2) is 61.6 Å². The van der Waals surface area contributed by atoms with Gasteiger partial charge >= 0.3 is 0 Å². The van der Waals surface area contributed by atoms with E-state index in [1.165, 1.54) is 11.3 Å². The molecule has 2 aromatic rings. The van der Waals surface area contributed by atoms with Gasteiger partial charge in [0.15, 0.2) is 11.8 Å². The highest BCUT2D eigenvalue weighted by molar-refractivity contribution is 14.0. The smallest absolute Gasteiger partial charge is 0.191 e. The fraction of sp³-hybridized carbons (Fsp3) is 0.550. The van der Waals surface area contributed by atoms with Gasteiger partial charge in [0.2, 0.25) is 0 Å². The van der Waals surface area contributed by atoms with Crippen molar-refractivity contribution in [2.24, 2.45) is 4.99 Å². The van der Waals surface area contributed by atoms with Crippen LogP contribution < -0.4 is 15.5 Å². The normalized spacial score (nSPS) is 16.0. The Morgan fingerprint density at radius 1 is 1.31 bits per heavy atom. The van der Waals surface area contributed by atoms with Crippen LogP contribution in [-0.2, 0) is 30.7 Å². The molecule has 0 fully saturated rings. The molecule has 0 spiro atoms. The zero-order chi connectivity index (χ0) is 19.9. The number of aryl methyl sites for hydroxylation is 1. The molecule has 9 heteroatoms. The monoisotopic (exact) mass is 513 g/mol. The molecule has 1 aliphatic rings. The summed E-state index contributed by atoms with van der Waals surface area (Å²) < 4.78 is 7.11. The molecule has 0 bridgehead atoms. The molecule has 3 rings (SSSR count). The van der Waals surface area contributed by atoms with E-state index in [2.05, 4.69) is 69.0 Å². The number of hydrogen-bond donors (Lipinski definition) is 2. The van der Waals surface area contributed by atoms with Gasteiger partial charge in [-0.05, 0) is 30.5 Å². The highest BCUT2D eigenvalue weighted by Crippen LogP contribution is 2.14. The maximum Gasteiger partial charge on any atom is 0.191 e. The van der Waals surface area contributed by atoms with Gasteiger partial charge in [-0.15, -0.1) is 24.0 Å². The third-order valence-corrected chi connectivity index (χ3v) is 4.90. The lowest BCUT2D eigenvalue weighted by atomic mass is 10.1. The van der Waals surface area contributed by atoms with Crippen molar-refractivity contribution < 1.29 is 4.74 Å². The molecule has 2 N–H and O–H groups in total. The quantitative estimate of drug-likeness (QED) is 0.334. The first-order valence-electron chi connectivity index (χ1n) is 9.74. The number of anilines is 1. The second-order valence-corrected chi connectivity index (χ2v) is 7.25. The zero-order valence-corrected chi connectivity index (χ0v) is 20.0. The molecule has 2 heterocycles. The van der Waals surface area contributed by atoms with E-state index < -0.39 is 0 Å². The lowest BCUT2D eigenvalue weighted by molar-refractivity contribution is 0.177. The summed E-state index contributed by atoms with van der Waals surface area (Å²) in [6.45, 7) is 2.08. The van der Waals surface area contributed by atoms with Crippen molar-refractivity contribution in [2.75, 3.05) is 39.7 Å². The number of aromatic nitrogens is 3. The van der Waals surface area contributed by atoms with Crippen LogP contribution in [0.1, 0.15) is 23.6 Å². The van der Waals surface area contributed by atoms with Gasteiger partial charge in [0.05, 0.1) is 6.54 Å². The number of fused-ring (bicyclic) bond motifs is 1. The van der Waals surface area contributed by atoms with E-state index in [4.69, 9.17) is 4.74 Å². The van der Waals surface area contributed by atoms with Crippen molar-refractivity contribution in [3.63, 3.8) is 0 Å². The highest BCUT2D eigenvalue weighted by Gasteiger charge is 2.22. The van der Waals surface area contributed by atoms with E-state index in [1.54, 1.807) is 7.11 Å². The number of guanidine groups is 1. The van der Waals surface area contributed by atoms with E-state index in [9.17, 15) is 0 Å². The fourth-order valence-electron chi connectivity index (χ4n) is 3.34. The van der Waals surface area contributed by atoms with Gasteiger partial charge in [-0.1, -0.05) is 12.1 Å². The van der Waals surface area contributed by atoms with Crippen LogP contribution >= 0.6 is 24.0 Å². The molecule has 1 aromatic carbocycles. The minimum atomic E-state index is 0. The lowest BCUT2D eigenvalue weighted by Gasteiger charge is -2.25. The van der Waals surface area contributed by atoms with Crippen molar-refractivity contribution in [1.82, 2.24) is 25.4 Å². The molecular formula is C20H32IN7O. The molecule has 160 valence electrons. The Balaban J connectivity index is 0.00000300. The number of nitrogens with zero attached hydrogens (tertiary/aromatic N) is 5. The summed E-state index contributed by atoms with van der Waals surface area (Å²) in [5, 5.41) is 11.4. The fourth-order valence-corrected chi connectivity index (χ4v) is 3.34. The first-order valence-corrected chi connectivity index (χ1v) is 9.74. The van der Waals surface area contributed by atoms with E-state index in [-0.39, 0.29) is 30.0 Å². The SMILES string of the molecule is CN=C(NCCc1ccc(N(C)C)cc1)NC1CCc2nc(COC)nn2C1.I. The molecule has 0 saturated heterocycles. The topological polar surface area (TPSA) is 79.6 Å². The van der Waals surface area contributed by atoms with Crippen LogP contribution in [0, 0.1) is 0 Å². The molecule has 0 aliphatic carbocycles. The summed E-state index contributed by atoms with van der Waals surface area (Å²) >= 11 is 0. The third kappa shape index (κ3) is 6.56. The third-order valence-electron chi connectivity index (χ3n) is 4.90. The van der Waals surface area contributed by atoms with Crippen LogP contribution in [0.5, 0.6) is 0 Å². The Hall–Kier alpha value is -1.88. The molecule has 1 aromatic heterocycles. The number of hydrogen-bond acceptors (Lipinski definition) is 5. The molecule has 1 unspecified atom stereocenters. The predicted octanol–water partition coefficient (Wildman–Crippen LogP) is 1.83. The number of aliphatic imine (C=N–C) groups is 1. The van der Waals surface area contributed by atoms with Crippen molar-refractivity contribution in [3.8, 4) is 0 Å². The lowest BCUT2D eigenvalue weighted by Crippen LogP contribution is -2.47. The van der Waals surface area contributed by atoms with E-state index in [0.29, 0.717) is 6.61 Å². The highest BCUT2D eigenvalue weighted by atomic mass is 127. The van der Waals surface area contributed by atoms with Crippen molar-refractivity contribution in [3.05, 3.63) is 41.5 Å². The molecule has 0 radical (unpaired) electrons. The Bertz CT molecular complexity index is 789. The number of halogens is 1. The van der Waals surface area contributed by atoms with Gasteiger partial charge < -0.3 is 20.3 Å². The molecular weight excluding hydrogens is 481 g/mol. The average Bonchev–Trinajstić information content (AvgIpc) is 3.09. The summed E-state index contributed by atoms with van der Waals surface area (Å²) in [5.74, 6) is 2.62. The van der Waals surface area contributed by atoms with Crippen molar-refractivity contribution >= 4 is 35.6 Å². The van der Waals surface area contributed by atoms with Crippen molar-refractivity contribution in [1.29, 1.82) is 0 Å². The maximum atomic E-state index is 5.13. The Morgan fingerprint density at radius 2 is 2.07 bits per heavy atom. The molecule has 0 amide bonds. The first-order chi connectivity index (χ1) is 13.6. The number of nitrogens with one attached hydrogen (secondary N) is 2. The van der Waals surface area contributed by atoms with E-state index >= 15 is 0 Å². The van der Waals surface area contributed by atoms with Gasteiger partial charge in [-0.2, -0.15) is 5.10 Å². The second-order valence-electron chi connectivity index (χ2n) is 7.25. The van der Waals surface area contributed by atoms with Gasteiger partial charge in [-0.25, -0.2) is 9.67 Å². The average molecular weight is 513 g/mol. The van der Waals surface area contributed by atoms with Crippen molar-refractivity contribution in [2.45, 2.75) is 38.5 Å². The standard InChI is InChI=1S/C20H31N7O.HI/c1-21-20(22-12-11-15-5-8-17(9-6-15)26(2)3)23-16-7-10-19-24-18(14-28-4)25-27(19)13-16;/h5-6,8-9,16H,7,10-14H2,1-4H3,(H2,21,22,23);1H. The largest absolute Gasteiger partial charge is 0.378 e. The van der Waals surface area contributed by atoms with Gasteiger partial charge in [0.1, 0.15) is 12.4 Å². The maximum absolute atomic E-state index is 5.13. The Labute approximate surface area is 190 Å². The molecule has 1 aliphatic heterocycles. The van der Waals surface area contributed by atoms with E-state index in [0.717, 1.165) is 50.0 Å². The molecule has 29 heavy (non-hydrogen) atoms. The van der Waals surface area contributed by atoms with Crippen LogP contribution in [0.2, 0.25) is 0 Å². The second kappa shape index (κ2) is 11.3. The van der Waals surface area contributed by atoms with E-state index in [1.807, 2.05) is 11.7 Å². The minimum Gasteiger partial charge on any atom is -0.378 e. The van der Waals surface area contributed by atoms with Gasteiger partial charge in [0.25, 0.3) is 0 Å². The van der Waals surface area contributed by atoms with Crippen LogP contribution in [0.3, 0.4) is 0 Å². The summed E-state index contributed by atoms with van der Waals surface area (Å²) in [5.41, 5.74) is 2.52. The molecule has 8 nitrogen and oxygen atoms in total.